The van der Waals surface area contributed by atoms with Crippen molar-refractivity contribution in [1.29, 1.82) is 0 Å². The average Bonchev–Trinajstić information content (AvgIpc) is 2.90. The summed E-state index contributed by atoms with van der Waals surface area (Å²) in [5, 5.41) is 8.12. The summed E-state index contributed by atoms with van der Waals surface area (Å²) >= 11 is 0. The second-order valence-electron chi connectivity index (χ2n) is 8.92. The molecule has 1 fully saturated rings. The maximum Gasteiger partial charge on any atom is 0.311 e. The minimum Gasteiger partial charge on any atom is -0.466 e. The fourth-order valence-electron chi connectivity index (χ4n) is 4.53. The first kappa shape index (κ1) is 26.3. The van der Waals surface area contributed by atoms with Gasteiger partial charge in [-0.15, -0.1) is 0 Å². The summed E-state index contributed by atoms with van der Waals surface area (Å²) in [4.78, 5) is 41.7. The number of halogens is 1. The molecule has 0 spiro atoms. The van der Waals surface area contributed by atoms with Crippen molar-refractivity contribution in [1.82, 2.24) is 20.0 Å². The lowest BCUT2D eigenvalue weighted by molar-refractivity contribution is -0.142. The van der Waals surface area contributed by atoms with Gasteiger partial charge in [0.05, 0.1) is 29.8 Å². The third kappa shape index (κ3) is 6.71. The van der Waals surface area contributed by atoms with Gasteiger partial charge in [0.15, 0.2) is 0 Å². The van der Waals surface area contributed by atoms with Crippen LogP contribution in [-0.2, 0) is 27.4 Å². The topological polar surface area (TPSA) is 96.8 Å². The monoisotopic (exact) mass is 509 g/mol. The molecule has 1 aliphatic rings. The predicted molar refractivity (Wildman–Crippen MR) is 139 cm³/mol. The first-order valence-electron chi connectivity index (χ1n) is 12.6. The van der Waals surface area contributed by atoms with E-state index in [0.29, 0.717) is 35.0 Å². The molecule has 10 heteroatoms. The molecule has 1 N–H and O–H groups in total. The van der Waals surface area contributed by atoms with Crippen LogP contribution in [0.4, 0.5) is 10.1 Å². The van der Waals surface area contributed by atoms with Gasteiger partial charge in [0, 0.05) is 38.0 Å². The molecule has 4 rings (SSSR count). The zero-order valence-corrected chi connectivity index (χ0v) is 21.0. The number of rotatable bonds is 10. The quantitative estimate of drug-likeness (QED) is 0.419. The molecule has 0 aliphatic carbocycles. The van der Waals surface area contributed by atoms with Crippen molar-refractivity contribution in [3.8, 4) is 0 Å². The number of esters is 1. The van der Waals surface area contributed by atoms with Gasteiger partial charge >= 0.3 is 5.97 Å². The number of nitrogens with zero attached hydrogens (tertiary/aromatic N) is 4. The Morgan fingerprint density at radius 3 is 2.46 bits per heavy atom. The van der Waals surface area contributed by atoms with Gasteiger partial charge in [0.1, 0.15) is 12.5 Å². The zero-order valence-electron chi connectivity index (χ0n) is 21.0. The molecule has 0 atom stereocenters. The van der Waals surface area contributed by atoms with Gasteiger partial charge in [-0.2, -0.15) is 5.10 Å². The van der Waals surface area contributed by atoms with E-state index in [1.807, 2.05) is 11.0 Å². The number of hydrogen-bond acceptors (Lipinski definition) is 7. The number of nitrogens with one attached hydrogen (secondary N) is 1. The SMILES string of the molecule is CCOC(=O)Cc1nn(CNC(=O)CCCN2CCN(c3ccccc3F)CC2)c(=O)c2ccccc12. The van der Waals surface area contributed by atoms with E-state index in [1.54, 1.807) is 43.3 Å². The lowest BCUT2D eigenvalue weighted by Crippen LogP contribution is -2.47. The summed E-state index contributed by atoms with van der Waals surface area (Å²) in [7, 11) is 0. The highest BCUT2D eigenvalue weighted by Gasteiger charge is 2.19. The Hall–Kier alpha value is -3.79. The third-order valence-electron chi connectivity index (χ3n) is 6.43. The summed E-state index contributed by atoms with van der Waals surface area (Å²) in [5.41, 5.74) is 0.721. The van der Waals surface area contributed by atoms with E-state index < -0.39 is 5.97 Å². The van der Waals surface area contributed by atoms with Crippen molar-refractivity contribution >= 4 is 28.3 Å². The molecule has 0 radical (unpaired) electrons. The first-order chi connectivity index (χ1) is 18.0. The molecule has 0 bridgehead atoms. The lowest BCUT2D eigenvalue weighted by Gasteiger charge is -2.36. The van der Waals surface area contributed by atoms with Crippen LogP contribution < -0.4 is 15.8 Å². The number of ether oxygens (including phenoxy) is 1. The minimum absolute atomic E-state index is 0.0627. The van der Waals surface area contributed by atoms with Crippen LogP contribution in [-0.4, -0.2) is 65.9 Å². The van der Waals surface area contributed by atoms with Crippen LogP contribution >= 0.6 is 0 Å². The van der Waals surface area contributed by atoms with Gasteiger partial charge in [0.25, 0.3) is 5.56 Å². The Balaban J connectivity index is 1.27. The Morgan fingerprint density at radius 2 is 1.73 bits per heavy atom. The van der Waals surface area contributed by atoms with E-state index >= 15 is 0 Å². The number of benzene rings is 2. The molecule has 2 heterocycles. The molecule has 1 saturated heterocycles. The van der Waals surface area contributed by atoms with Gasteiger partial charge in [-0.25, -0.2) is 9.07 Å². The third-order valence-corrected chi connectivity index (χ3v) is 6.43. The standard InChI is InChI=1S/C27H32FN5O4/c1-2-37-26(35)18-23-20-8-3-4-9-21(20)27(36)33(30-23)19-29-25(34)12-7-13-31-14-16-32(17-15-31)24-11-6-5-10-22(24)28/h3-6,8-11H,2,7,12-19H2,1H3,(H,29,34). The number of anilines is 1. The molecule has 37 heavy (non-hydrogen) atoms. The molecule has 1 aromatic heterocycles. The molecule has 196 valence electrons. The van der Waals surface area contributed by atoms with Crippen LogP contribution in [0, 0.1) is 5.82 Å². The molecule has 1 amide bonds. The van der Waals surface area contributed by atoms with Crippen LogP contribution in [0.5, 0.6) is 0 Å². The van der Waals surface area contributed by atoms with Crippen molar-refractivity contribution < 1.29 is 18.7 Å². The Kier molecular flexibility index (Phi) is 8.84. The van der Waals surface area contributed by atoms with Gasteiger partial charge in [-0.3, -0.25) is 19.3 Å². The smallest absolute Gasteiger partial charge is 0.311 e. The van der Waals surface area contributed by atoms with Gasteiger partial charge in [-0.1, -0.05) is 30.3 Å². The number of amides is 1. The highest BCUT2D eigenvalue weighted by molar-refractivity contribution is 5.87. The number of hydrogen-bond donors (Lipinski definition) is 1. The van der Waals surface area contributed by atoms with Crippen molar-refractivity contribution in [2.45, 2.75) is 32.9 Å². The molecule has 1 aliphatic heterocycles. The van der Waals surface area contributed by atoms with Crippen LogP contribution in [0.2, 0.25) is 0 Å². The summed E-state index contributed by atoms with van der Waals surface area (Å²) in [6, 6.07) is 13.8. The maximum atomic E-state index is 14.0. The normalized spacial score (nSPS) is 14.1. The fourth-order valence-corrected chi connectivity index (χ4v) is 4.53. The fraction of sp³-hybridized carbons (Fsp3) is 0.407. The van der Waals surface area contributed by atoms with Gasteiger partial charge in [-0.05, 0) is 38.1 Å². The highest BCUT2D eigenvalue weighted by atomic mass is 19.1. The van der Waals surface area contributed by atoms with E-state index in [2.05, 4.69) is 15.3 Å². The van der Waals surface area contributed by atoms with E-state index in [4.69, 9.17) is 4.74 Å². The van der Waals surface area contributed by atoms with Gasteiger partial charge in [0.2, 0.25) is 5.91 Å². The largest absolute Gasteiger partial charge is 0.466 e. The molecular weight excluding hydrogens is 477 g/mol. The van der Waals surface area contributed by atoms with Crippen LogP contribution in [0.3, 0.4) is 0 Å². The number of piperazine rings is 1. The van der Waals surface area contributed by atoms with Crippen molar-refractivity contribution in [3.63, 3.8) is 0 Å². The summed E-state index contributed by atoms with van der Waals surface area (Å²) in [6.07, 6.45) is 0.915. The second-order valence-corrected chi connectivity index (χ2v) is 8.92. The van der Waals surface area contributed by atoms with Crippen LogP contribution in [0.1, 0.15) is 25.5 Å². The van der Waals surface area contributed by atoms with E-state index in [9.17, 15) is 18.8 Å². The highest BCUT2D eigenvalue weighted by Crippen LogP contribution is 2.20. The number of fused-ring (bicyclic) bond motifs is 1. The zero-order chi connectivity index (χ0) is 26.2. The van der Waals surface area contributed by atoms with E-state index in [-0.39, 0.29) is 37.0 Å². The van der Waals surface area contributed by atoms with Gasteiger partial charge < -0.3 is 15.0 Å². The Morgan fingerprint density at radius 1 is 1.03 bits per heavy atom. The van der Waals surface area contributed by atoms with Crippen LogP contribution in [0.15, 0.2) is 53.3 Å². The van der Waals surface area contributed by atoms with E-state index in [1.165, 1.54) is 10.7 Å². The van der Waals surface area contributed by atoms with Crippen LogP contribution in [0.25, 0.3) is 10.8 Å². The first-order valence-corrected chi connectivity index (χ1v) is 12.6. The number of carbonyl (C=O) groups is 2. The molecule has 3 aromatic rings. The number of carbonyl (C=O) groups excluding carboxylic acids is 2. The molecular formula is C27H32FN5O4. The lowest BCUT2D eigenvalue weighted by atomic mass is 10.1. The molecule has 0 saturated carbocycles. The predicted octanol–water partition coefficient (Wildman–Crippen LogP) is 2.32. The molecule has 2 aromatic carbocycles. The number of aromatic nitrogens is 2. The second kappa shape index (κ2) is 12.4. The Bertz CT molecular complexity index is 1300. The van der Waals surface area contributed by atoms with E-state index in [0.717, 1.165) is 32.7 Å². The summed E-state index contributed by atoms with van der Waals surface area (Å²) in [5.74, 6) is -0.816. The van der Waals surface area contributed by atoms with Crippen molar-refractivity contribution in [3.05, 3.63) is 70.4 Å². The number of para-hydroxylation sites is 1. The van der Waals surface area contributed by atoms with Crippen molar-refractivity contribution in [2.24, 2.45) is 0 Å². The summed E-state index contributed by atoms with van der Waals surface area (Å²) in [6.45, 7) is 5.73. The Labute approximate surface area is 214 Å². The maximum absolute atomic E-state index is 14.0. The molecule has 0 unspecified atom stereocenters. The molecule has 9 nitrogen and oxygen atoms in total. The van der Waals surface area contributed by atoms with Crippen molar-refractivity contribution in [2.75, 3.05) is 44.2 Å². The minimum atomic E-state index is -0.427. The summed E-state index contributed by atoms with van der Waals surface area (Å²) < 4.78 is 20.2. The average molecular weight is 510 g/mol.